The van der Waals surface area contributed by atoms with Crippen LogP contribution in [0.15, 0.2) is 72.9 Å². The van der Waals surface area contributed by atoms with Crippen molar-refractivity contribution < 1.29 is 23.8 Å². The number of rotatable bonds is 13. The smallest absolute Gasteiger partial charge is 0.247 e. The van der Waals surface area contributed by atoms with Gasteiger partial charge in [-0.15, -0.1) is 0 Å². The topological polar surface area (TPSA) is 92.9 Å². The van der Waals surface area contributed by atoms with E-state index >= 15 is 0 Å². The first-order valence-electron chi connectivity index (χ1n) is 15.6. The average molecular weight is 598 g/mol. The van der Waals surface area contributed by atoms with Gasteiger partial charge in [0.05, 0.1) is 27.2 Å². The van der Waals surface area contributed by atoms with E-state index in [1.165, 1.54) is 6.42 Å². The minimum atomic E-state index is -0.801. The number of aromatic nitrogens is 1. The van der Waals surface area contributed by atoms with Crippen LogP contribution in [0.25, 0.3) is 10.9 Å². The van der Waals surface area contributed by atoms with Crippen molar-refractivity contribution in [3.63, 3.8) is 0 Å². The van der Waals surface area contributed by atoms with Crippen molar-refractivity contribution in [3.8, 4) is 17.2 Å². The molecule has 44 heavy (non-hydrogen) atoms. The fraction of sp³-hybridized carbons (Fsp3) is 0.389. The summed E-state index contributed by atoms with van der Waals surface area (Å²) >= 11 is 0. The minimum absolute atomic E-state index is 0.109. The summed E-state index contributed by atoms with van der Waals surface area (Å²) in [5.74, 6) is 1.72. The Balaban J connectivity index is 1.50. The van der Waals surface area contributed by atoms with Crippen molar-refractivity contribution >= 4 is 22.7 Å². The van der Waals surface area contributed by atoms with E-state index in [-0.39, 0.29) is 24.3 Å². The maximum atomic E-state index is 14.3. The zero-order valence-electron chi connectivity index (χ0n) is 25.9. The second-order valence-corrected chi connectivity index (χ2v) is 11.3. The van der Waals surface area contributed by atoms with Crippen LogP contribution in [0.3, 0.4) is 0 Å². The Morgan fingerprint density at radius 1 is 0.955 bits per heavy atom. The van der Waals surface area contributed by atoms with Gasteiger partial charge in [0.2, 0.25) is 11.8 Å². The fourth-order valence-corrected chi connectivity index (χ4v) is 6.14. The third-order valence-corrected chi connectivity index (χ3v) is 8.44. The van der Waals surface area contributed by atoms with E-state index < -0.39 is 6.04 Å². The molecule has 2 amide bonds. The molecular weight excluding hydrogens is 554 g/mol. The highest BCUT2D eigenvalue weighted by atomic mass is 16.5. The normalized spacial score (nSPS) is 14.2. The van der Waals surface area contributed by atoms with E-state index in [4.69, 9.17) is 14.2 Å². The number of hydrogen-bond donors (Lipinski definition) is 2. The summed E-state index contributed by atoms with van der Waals surface area (Å²) in [6, 6.07) is 20.6. The Bertz CT molecular complexity index is 1540. The number of carbonyl (C=O) groups excluding carboxylic acids is 2. The van der Waals surface area contributed by atoms with Crippen LogP contribution in [0, 0.1) is 0 Å². The van der Waals surface area contributed by atoms with Gasteiger partial charge in [-0.1, -0.05) is 55.7 Å². The zero-order valence-corrected chi connectivity index (χ0v) is 25.9. The highest BCUT2D eigenvalue weighted by Gasteiger charge is 2.33. The first-order chi connectivity index (χ1) is 21.5. The van der Waals surface area contributed by atoms with Gasteiger partial charge < -0.3 is 29.4 Å². The quantitative estimate of drug-likeness (QED) is 0.186. The lowest BCUT2D eigenvalue weighted by atomic mass is 9.94. The van der Waals surface area contributed by atoms with Crippen LogP contribution in [-0.4, -0.2) is 55.1 Å². The molecule has 0 aliphatic heterocycles. The van der Waals surface area contributed by atoms with Crippen molar-refractivity contribution in [1.29, 1.82) is 0 Å². The van der Waals surface area contributed by atoms with Crippen LogP contribution < -0.4 is 19.5 Å². The van der Waals surface area contributed by atoms with Crippen LogP contribution in [-0.2, 0) is 22.4 Å². The van der Waals surface area contributed by atoms with Crippen molar-refractivity contribution in [2.75, 3.05) is 27.4 Å². The first kappa shape index (κ1) is 31.0. The molecule has 4 aromatic rings. The number of hydrogen-bond acceptors (Lipinski definition) is 5. The Morgan fingerprint density at radius 3 is 2.43 bits per heavy atom. The summed E-state index contributed by atoms with van der Waals surface area (Å²) < 4.78 is 16.6. The molecule has 0 saturated heterocycles. The number of carbonyl (C=O) groups is 2. The highest BCUT2D eigenvalue weighted by molar-refractivity contribution is 5.92. The first-order valence-corrected chi connectivity index (χ1v) is 15.6. The summed E-state index contributed by atoms with van der Waals surface area (Å²) in [5, 5.41) is 4.31. The van der Waals surface area contributed by atoms with Gasteiger partial charge in [0.25, 0.3) is 0 Å². The monoisotopic (exact) mass is 597 g/mol. The second kappa shape index (κ2) is 14.8. The van der Waals surface area contributed by atoms with Gasteiger partial charge >= 0.3 is 0 Å². The molecule has 1 aliphatic carbocycles. The maximum absolute atomic E-state index is 14.3. The SMILES string of the molecule is CCOc1ccc([C@@H](C(=O)NC2CCCCC2)N(CCc2ccc(OC)c(OC)c2)C(=O)Cc2c[nH]c3ccccc23)cc1. The second-order valence-electron chi connectivity index (χ2n) is 11.3. The number of H-pyrrole nitrogens is 1. The number of methoxy groups -OCH3 is 2. The van der Waals surface area contributed by atoms with Crippen LogP contribution >= 0.6 is 0 Å². The molecule has 0 spiro atoms. The molecule has 1 aliphatic rings. The van der Waals surface area contributed by atoms with Gasteiger partial charge in [-0.2, -0.15) is 0 Å². The van der Waals surface area contributed by atoms with Crippen molar-refractivity contribution in [3.05, 3.63) is 89.6 Å². The van der Waals surface area contributed by atoms with Crippen molar-refractivity contribution in [2.24, 2.45) is 0 Å². The number of para-hydroxylation sites is 1. The predicted octanol–water partition coefficient (Wildman–Crippen LogP) is 6.39. The molecule has 2 N–H and O–H groups in total. The number of fused-ring (bicyclic) bond motifs is 1. The largest absolute Gasteiger partial charge is 0.494 e. The van der Waals surface area contributed by atoms with E-state index in [2.05, 4.69) is 10.3 Å². The van der Waals surface area contributed by atoms with Crippen LogP contribution in [0.5, 0.6) is 17.2 Å². The molecule has 8 heteroatoms. The summed E-state index contributed by atoms with van der Waals surface area (Å²) in [4.78, 5) is 33.6. The third-order valence-electron chi connectivity index (χ3n) is 8.44. The van der Waals surface area contributed by atoms with E-state index in [9.17, 15) is 9.59 Å². The molecule has 1 fully saturated rings. The molecule has 5 rings (SSSR count). The number of nitrogens with one attached hydrogen (secondary N) is 2. The van der Waals surface area contributed by atoms with Crippen LogP contribution in [0.1, 0.15) is 61.8 Å². The number of amides is 2. The third kappa shape index (κ3) is 7.36. The van der Waals surface area contributed by atoms with E-state index in [0.29, 0.717) is 31.1 Å². The summed E-state index contributed by atoms with van der Waals surface area (Å²) in [6.07, 6.45) is 7.89. The zero-order chi connectivity index (χ0) is 30.9. The Kier molecular flexibility index (Phi) is 10.4. The Labute approximate surface area is 259 Å². The number of aromatic amines is 1. The molecule has 1 atom stereocenters. The lowest BCUT2D eigenvalue weighted by Crippen LogP contribution is -2.48. The summed E-state index contributed by atoms with van der Waals surface area (Å²) in [7, 11) is 3.21. The lowest BCUT2D eigenvalue weighted by Gasteiger charge is -2.33. The van der Waals surface area contributed by atoms with E-state index in [1.54, 1.807) is 19.1 Å². The van der Waals surface area contributed by atoms with Gasteiger partial charge in [0.1, 0.15) is 11.8 Å². The van der Waals surface area contributed by atoms with Gasteiger partial charge in [-0.25, -0.2) is 0 Å². The molecule has 3 aromatic carbocycles. The summed E-state index contributed by atoms with van der Waals surface area (Å²) in [6.45, 7) is 2.83. The summed E-state index contributed by atoms with van der Waals surface area (Å²) in [5.41, 5.74) is 3.61. The molecule has 232 valence electrons. The lowest BCUT2D eigenvalue weighted by molar-refractivity contribution is -0.140. The number of benzene rings is 3. The predicted molar refractivity (Wildman–Crippen MR) is 172 cm³/mol. The van der Waals surface area contributed by atoms with Gasteiger partial charge in [0.15, 0.2) is 11.5 Å². The molecule has 0 bridgehead atoms. The highest BCUT2D eigenvalue weighted by Crippen LogP contribution is 2.30. The number of nitrogens with zero attached hydrogens (tertiary/aromatic N) is 1. The molecule has 1 aromatic heterocycles. The number of ether oxygens (including phenoxy) is 3. The molecule has 0 radical (unpaired) electrons. The van der Waals surface area contributed by atoms with E-state index in [0.717, 1.165) is 59.0 Å². The van der Waals surface area contributed by atoms with Gasteiger partial charge in [0, 0.05) is 29.7 Å². The molecule has 1 heterocycles. The minimum Gasteiger partial charge on any atom is -0.494 e. The van der Waals surface area contributed by atoms with E-state index in [1.807, 2.05) is 79.9 Å². The van der Waals surface area contributed by atoms with Gasteiger partial charge in [-0.05, 0) is 73.2 Å². The average Bonchev–Trinajstić information content (AvgIpc) is 3.46. The van der Waals surface area contributed by atoms with Crippen molar-refractivity contribution in [1.82, 2.24) is 15.2 Å². The van der Waals surface area contributed by atoms with Crippen LogP contribution in [0.2, 0.25) is 0 Å². The molecular formula is C36H43N3O5. The van der Waals surface area contributed by atoms with Crippen LogP contribution in [0.4, 0.5) is 0 Å². The van der Waals surface area contributed by atoms with Crippen molar-refractivity contribution in [2.45, 2.75) is 64.0 Å². The Hall–Kier alpha value is -4.46. The van der Waals surface area contributed by atoms with Gasteiger partial charge in [-0.3, -0.25) is 9.59 Å². The Morgan fingerprint density at radius 2 is 1.70 bits per heavy atom. The molecule has 8 nitrogen and oxygen atoms in total. The maximum Gasteiger partial charge on any atom is 0.247 e. The molecule has 1 saturated carbocycles. The standard InChI is InChI=1S/C36H43N3O5/c1-4-44-29-17-15-26(16-18-29)35(36(41)38-28-10-6-5-7-11-28)39(21-20-25-14-19-32(42-2)33(22-25)43-3)34(40)23-27-24-37-31-13-9-8-12-30(27)31/h8-9,12-19,22,24,28,35,37H,4-7,10-11,20-21,23H2,1-3H3,(H,38,41)/t35-/m0/s1. The fourth-order valence-electron chi connectivity index (χ4n) is 6.14. The molecule has 0 unspecified atom stereocenters.